The van der Waals surface area contributed by atoms with Gasteiger partial charge in [-0.25, -0.2) is 4.79 Å². The van der Waals surface area contributed by atoms with Crippen LogP contribution in [0.1, 0.15) is 5.69 Å². The van der Waals surface area contributed by atoms with Gasteiger partial charge in [-0.15, -0.1) is 0 Å². The van der Waals surface area contributed by atoms with Gasteiger partial charge in [-0.3, -0.25) is 19.6 Å². The Balaban J connectivity index is 1.38. The Bertz CT molecular complexity index is 974. The Morgan fingerprint density at radius 2 is 2.03 bits per heavy atom. The zero-order valence-corrected chi connectivity index (χ0v) is 18.3. The van der Waals surface area contributed by atoms with Crippen LogP contribution in [0.2, 0.25) is 0 Å². The number of likely N-dealkylation sites (N-methyl/N-ethyl adjacent to an activating group) is 1. The highest BCUT2D eigenvalue weighted by atomic mass is 16.6. The highest BCUT2D eigenvalue weighted by Crippen LogP contribution is 2.27. The zero-order valence-electron chi connectivity index (χ0n) is 18.3. The second-order valence-electron chi connectivity index (χ2n) is 8.23. The van der Waals surface area contributed by atoms with Crippen LogP contribution >= 0.6 is 0 Å². The molecule has 3 heterocycles. The van der Waals surface area contributed by atoms with E-state index in [1.807, 2.05) is 31.2 Å². The molecule has 2 aliphatic rings. The van der Waals surface area contributed by atoms with E-state index in [1.54, 1.807) is 7.11 Å². The van der Waals surface area contributed by atoms with E-state index in [-0.39, 0.29) is 18.6 Å². The van der Waals surface area contributed by atoms with Crippen molar-refractivity contribution in [2.24, 2.45) is 0 Å². The lowest BCUT2D eigenvalue weighted by Crippen LogP contribution is -2.47. The Hall–Kier alpha value is -2.91. The van der Waals surface area contributed by atoms with Crippen molar-refractivity contribution in [3.63, 3.8) is 0 Å². The van der Waals surface area contributed by atoms with Crippen LogP contribution in [-0.4, -0.2) is 97.8 Å². The Kier molecular flexibility index (Phi) is 6.24. The second-order valence-corrected chi connectivity index (χ2v) is 8.23. The first-order valence-electron chi connectivity index (χ1n) is 10.5. The molecular formula is C22H29N5O4. The number of cyclic esters (lactones) is 1. The molecule has 1 N–H and O–H groups in total. The maximum absolute atomic E-state index is 12.7. The van der Waals surface area contributed by atoms with Gasteiger partial charge in [-0.2, -0.15) is 0 Å². The summed E-state index contributed by atoms with van der Waals surface area (Å²) in [6.45, 7) is 6.89. The Morgan fingerprint density at radius 1 is 1.26 bits per heavy atom. The molecule has 2 aliphatic heterocycles. The number of carbonyl (C=O) groups excluding carboxylic acids is 2. The summed E-state index contributed by atoms with van der Waals surface area (Å²) in [6, 6.07) is 7.35. The number of amides is 2. The van der Waals surface area contributed by atoms with Gasteiger partial charge in [0.1, 0.15) is 18.4 Å². The lowest BCUT2D eigenvalue weighted by molar-refractivity contribution is -0.116. The van der Waals surface area contributed by atoms with Gasteiger partial charge >= 0.3 is 6.09 Å². The lowest BCUT2D eigenvalue weighted by Gasteiger charge is -2.33. The van der Waals surface area contributed by atoms with Gasteiger partial charge in [0.05, 0.1) is 24.9 Å². The number of piperazine rings is 1. The Labute approximate surface area is 181 Å². The van der Waals surface area contributed by atoms with Gasteiger partial charge in [0, 0.05) is 43.8 Å². The maximum Gasteiger partial charge on any atom is 0.410 e. The topological polar surface area (TPSA) is 87.2 Å². The number of aryl methyl sites for hydroxylation is 1. The van der Waals surface area contributed by atoms with Crippen molar-refractivity contribution in [1.29, 1.82) is 0 Å². The molecule has 0 saturated carbocycles. The number of aromatic nitrogens is 1. The number of nitrogens with one attached hydrogen (secondary N) is 1. The average molecular weight is 428 g/mol. The third kappa shape index (κ3) is 5.05. The largest absolute Gasteiger partial charge is 0.497 e. The van der Waals surface area contributed by atoms with Gasteiger partial charge in [-0.1, -0.05) is 0 Å². The average Bonchev–Trinajstić information content (AvgIpc) is 3.07. The molecule has 2 aromatic rings. The van der Waals surface area contributed by atoms with E-state index in [1.165, 1.54) is 4.90 Å². The van der Waals surface area contributed by atoms with E-state index < -0.39 is 6.09 Å². The van der Waals surface area contributed by atoms with Crippen molar-refractivity contribution in [3.05, 3.63) is 30.0 Å². The minimum absolute atomic E-state index is 0.0507. The summed E-state index contributed by atoms with van der Waals surface area (Å²) in [7, 11) is 3.70. The summed E-state index contributed by atoms with van der Waals surface area (Å²) in [5, 5.41) is 3.71. The first-order chi connectivity index (χ1) is 14.9. The zero-order chi connectivity index (χ0) is 22.0. The second kappa shape index (κ2) is 9.07. The van der Waals surface area contributed by atoms with Gasteiger partial charge in [0.2, 0.25) is 5.91 Å². The van der Waals surface area contributed by atoms with Crippen molar-refractivity contribution in [2.45, 2.75) is 13.0 Å². The summed E-state index contributed by atoms with van der Waals surface area (Å²) in [5.41, 5.74) is 2.21. The molecule has 4 rings (SSSR count). The Morgan fingerprint density at radius 3 is 2.77 bits per heavy atom. The molecule has 1 atom stereocenters. The molecule has 1 aromatic heterocycles. The van der Waals surface area contributed by atoms with Crippen molar-refractivity contribution in [3.8, 4) is 5.75 Å². The standard InChI is InChI=1S/C22H29N5O4/c1-15-10-20(18-11-16(30-3)4-5-19(18)23-15)24-21(28)14-27-13-17(31-22(27)29)12-26-8-6-25(2)7-9-26/h4-5,10-11,17H,6-9,12-14H2,1-3H3,(H,23,24,28). The molecular weight excluding hydrogens is 398 g/mol. The minimum atomic E-state index is -0.438. The summed E-state index contributed by atoms with van der Waals surface area (Å²) in [4.78, 5) is 35.6. The fourth-order valence-electron chi connectivity index (χ4n) is 4.05. The molecule has 1 aromatic carbocycles. The van der Waals surface area contributed by atoms with Crippen LogP contribution in [-0.2, 0) is 9.53 Å². The molecule has 2 amide bonds. The first kappa shape index (κ1) is 21.3. The van der Waals surface area contributed by atoms with E-state index in [9.17, 15) is 9.59 Å². The van der Waals surface area contributed by atoms with Gasteiger partial charge in [0.15, 0.2) is 0 Å². The van der Waals surface area contributed by atoms with Gasteiger partial charge < -0.3 is 19.7 Å². The number of nitrogens with zero attached hydrogens (tertiary/aromatic N) is 4. The minimum Gasteiger partial charge on any atom is -0.497 e. The quantitative estimate of drug-likeness (QED) is 0.749. The summed E-state index contributed by atoms with van der Waals surface area (Å²) in [5.74, 6) is 0.412. The smallest absolute Gasteiger partial charge is 0.410 e. The van der Waals surface area contributed by atoms with E-state index in [0.29, 0.717) is 24.5 Å². The number of anilines is 1. The van der Waals surface area contributed by atoms with Crippen LogP contribution < -0.4 is 10.1 Å². The van der Waals surface area contributed by atoms with Crippen LogP contribution in [0.25, 0.3) is 10.9 Å². The summed E-state index contributed by atoms with van der Waals surface area (Å²) in [6.07, 6.45) is -0.649. The van der Waals surface area contributed by atoms with Crippen molar-refractivity contribution in [1.82, 2.24) is 19.7 Å². The predicted molar refractivity (Wildman–Crippen MR) is 117 cm³/mol. The van der Waals surface area contributed by atoms with Gasteiger partial charge in [0.25, 0.3) is 0 Å². The fourth-order valence-corrected chi connectivity index (χ4v) is 4.05. The van der Waals surface area contributed by atoms with Crippen molar-refractivity contribution < 1.29 is 19.1 Å². The van der Waals surface area contributed by atoms with E-state index in [0.717, 1.165) is 42.8 Å². The molecule has 0 bridgehead atoms. The third-order valence-electron chi connectivity index (χ3n) is 5.76. The number of carbonyl (C=O) groups is 2. The molecule has 31 heavy (non-hydrogen) atoms. The molecule has 0 aliphatic carbocycles. The number of rotatable bonds is 6. The monoisotopic (exact) mass is 427 g/mol. The van der Waals surface area contributed by atoms with Crippen LogP contribution in [0.4, 0.5) is 10.5 Å². The summed E-state index contributed by atoms with van der Waals surface area (Å²) >= 11 is 0. The van der Waals surface area contributed by atoms with Crippen LogP contribution in [0, 0.1) is 6.92 Å². The molecule has 0 spiro atoms. The SMILES string of the molecule is COc1ccc2nc(C)cc(NC(=O)CN3CC(CN4CCN(C)CC4)OC3=O)c2c1. The van der Waals surface area contributed by atoms with Crippen molar-refractivity contribution in [2.75, 3.05) is 65.3 Å². The number of hydrogen-bond donors (Lipinski definition) is 1. The van der Waals surface area contributed by atoms with Crippen LogP contribution in [0.5, 0.6) is 5.75 Å². The number of pyridine rings is 1. The van der Waals surface area contributed by atoms with Gasteiger partial charge in [-0.05, 0) is 38.2 Å². The summed E-state index contributed by atoms with van der Waals surface area (Å²) < 4.78 is 10.8. The van der Waals surface area contributed by atoms with Crippen molar-refractivity contribution >= 4 is 28.6 Å². The maximum atomic E-state index is 12.7. The number of methoxy groups -OCH3 is 1. The molecule has 9 nitrogen and oxygen atoms in total. The molecule has 2 fully saturated rings. The molecule has 2 saturated heterocycles. The normalized spacial score (nSPS) is 20.2. The third-order valence-corrected chi connectivity index (χ3v) is 5.76. The van der Waals surface area contributed by atoms with Crippen LogP contribution in [0.15, 0.2) is 24.3 Å². The first-order valence-corrected chi connectivity index (χ1v) is 10.5. The van der Waals surface area contributed by atoms with E-state index in [4.69, 9.17) is 9.47 Å². The number of fused-ring (bicyclic) bond motifs is 1. The number of benzene rings is 1. The number of hydrogen-bond acceptors (Lipinski definition) is 7. The highest BCUT2D eigenvalue weighted by molar-refractivity contribution is 6.02. The molecule has 1 unspecified atom stereocenters. The fraction of sp³-hybridized carbons (Fsp3) is 0.500. The molecule has 166 valence electrons. The number of ether oxygens (including phenoxy) is 2. The lowest BCUT2D eigenvalue weighted by atomic mass is 10.1. The highest BCUT2D eigenvalue weighted by Gasteiger charge is 2.34. The predicted octanol–water partition coefficient (Wildman–Crippen LogP) is 1.56. The van der Waals surface area contributed by atoms with E-state index in [2.05, 4.69) is 27.1 Å². The molecule has 9 heteroatoms. The van der Waals surface area contributed by atoms with E-state index >= 15 is 0 Å². The van der Waals surface area contributed by atoms with Crippen LogP contribution in [0.3, 0.4) is 0 Å². The molecule has 0 radical (unpaired) electrons.